The van der Waals surface area contributed by atoms with Crippen molar-refractivity contribution in [2.45, 2.75) is 93.4 Å². The summed E-state index contributed by atoms with van der Waals surface area (Å²) < 4.78 is 16.3. The van der Waals surface area contributed by atoms with Crippen molar-refractivity contribution in [3.63, 3.8) is 0 Å². The second-order valence-corrected chi connectivity index (χ2v) is 10.7. The molecule has 0 aliphatic rings. The van der Waals surface area contributed by atoms with Crippen molar-refractivity contribution in [1.82, 2.24) is 0 Å². The van der Waals surface area contributed by atoms with E-state index in [0.717, 1.165) is 36.8 Å². The number of ether oxygens (including phenoxy) is 3. The Hall–Kier alpha value is -3.93. The number of aryl methyl sites for hydroxylation is 2. The molecule has 0 saturated heterocycles. The molecule has 0 unspecified atom stereocenters. The Kier molecular flexibility index (Phi) is 13.8. The molecule has 41 heavy (non-hydrogen) atoms. The molecule has 0 saturated carbocycles. The number of rotatable bonds is 14. The fraction of sp³-hybridized carbons (Fsp3) is 0.400. The Balaban J connectivity index is 2.19. The normalized spacial score (nSPS) is 11.6. The van der Waals surface area contributed by atoms with Crippen LogP contribution < -0.4 is 14.2 Å². The molecule has 2 aromatic rings. The third-order valence-corrected chi connectivity index (χ3v) is 6.40. The van der Waals surface area contributed by atoms with Crippen LogP contribution in [0, 0.1) is 0 Å². The smallest absolute Gasteiger partial charge is 0.308 e. The third-order valence-electron chi connectivity index (χ3n) is 6.40. The summed E-state index contributed by atoms with van der Waals surface area (Å²) in [6.07, 6.45) is 12.5. The van der Waals surface area contributed by atoms with Crippen LogP contribution in [0.4, 0.5) is 0 Å². The highest BCUT2D eigenvalue weighted by atomic mass is 16.5. The molecule has 0 bridgehead atoms. The molecular formula is C35H44O6. The molecule has 0 fully saturated rings. The highest BCUT2D eigenvalue weighted by molar-refractivity contribution is 5.73. The fourth-order valence-electron chi connectivity index (χ4n) is 4.31. The van der Waals surface area contributed by atoms with Crippen LogP contribution in [-0.2, 0) is 33.6 Å². The lowest BCUT2D eigenvalue weighted by atomic mass is 9.99. The molecule has 0 aromatic heterocycles. The van der Waals surface area contributed by atoms with E-state index in [1.54, 1.807) is 12.1 Å². The maximum absolute atomic E-state index is 12.0. The first-order valence-electron chi connectivity index (χ1n) is 14.2. The Morgan fingerprint density at radius 3 is 1.61 bits per heavy atom. The molecule has 0 atom stereocenters. The first kappa shape index (κ1) is 33.3. The van der Waals surface area contributed by atoms with Gasteiger partial charge in [-0.25, -0.2) is 0 Å². The third kappa shape index (κ3) is 13.3. The molecule has 6 heteroatoms. The molecule has 0 heterocycles. The predicted octanol–water partition coefficient (Wildman–Crippen LogP) is 8.21. The van der Waals surface area contributed by atoms with E-state index in [2.05, 4.69) is 45.9 Å². The zero-order valence-electron chi connectivity index (χ0n) is 25.6. The summed E-state index contributed by atoms with van der Waals surface area (Å²) in [5.41, 5.74) is 6.53. The van der Waals surface area contributed by atoms with Crippen LogP contribution >= 0.6 is 0 Å². The second-order valence-electron chi connectivity index (χ2n) is 10.7. The maximum atomic E-state index is 12.0. The van der Waals surface area contributed by atoms with Crippen molar-refractivity contribution < 1.29 is 28.6 Å². The number of hydrogen-bond acceptors (Lipinski definition) is 6. The summed E-state index contributed by atoms with van der Waals surface area (Å²) in [6.45, 7) is 12.6. The molecule has 220 valence electrons. The molecule has 0 N–H and O–H groups in total. The summed E-state index contributed by atoms with van der Waals surface area (Å²) in [7, 11) is 0. The lowest BCUT2D eigenvalue weighted by Crippen LogP contribution is -2.09. The zero-order valence-corrected chi connectivity index (χ0v) is 25.6. The predicted molar refractivity (Wildman–Crippen MR) is 163 cm³/mol. The van der Waals surface area contributed by atoms with Gasteiger partial charge in [0.1, 0.15) is 17.2 Å². The quantitative estimate of drug-likeness (QED) is 0.132. The largest absolute Gasteiger partial charge is 0.427 e. The molecule has 0 amide bonds. The molecule has 0 aliphatic heterocycles. The van der Waals surface area contributed by atoms with Crippen LogP contribution in [-0.4, -0.2) is 17.9 Å². The molecule has 0 aliphatic carbocycles. The molecule has 2 aromatic carbocycles. The standard InChI is InChI=1S/C35H44O6/c1-24(2)10-8-11-25(3)12-9-13-26(4)14-21-33-34(40-28(6)37)22-31(23-35(33)41-29(7)38)16-15-30-17-19-32(20-18-30)39-27(5)36/h10,12,14,17-20,22-23H,8-9,11,13,15-16,21H2,1-7H3/b25-12+,26-14+. The van der Waals surface area contributed by atoms with E-state index < -0.39 is 11.9 Å². The van der Waals surface area contributed by atoms with Gasteiger partial charge in [-0.3, -0.25) is 14.4 Å². The van der Waals surface area contributed by atoms with Crippen molar-refractivity contribution in [1.29, 1.82) is 0 Å². The Morgan fingerprint density at radius 2 is 1.10 bits per heavy atom. The SMILES string of the molecule is CC(=O)Oc1ccc(CCc2cc(OC(C)=O)c(C/C=C(\C)CC/C=C(\C)CCC=C(C)C)c(OC(C)=O)c2)cc1. The van der Waals surface area contributed by atoms with E-state index >= 15 is 0 Å². The summed E-state index contributed by atoms with van der Waals surface area (Å²) in [6, 6.07) is 11.0. The average molecular weight is 561 g/mol. The van der Waals surface area contributed by atoms with E-state index in [-0.39, 0.29) is 5.97 Å². The van der Waals surface area contributed by atoms with Gasteiger partial charge < -0.3 is 14.2 Å². The highest BCUT2D eigenvalue weighted by Gasteiger charge is 2.16. The van der Waals surface area contributed by atoms with Crippen LogP contribution in [0.15, 0.2) is 71.3 Å². The average Bonchev–Trinajstić information content (AvgIpc) is 2.86. The van der Waals surface area contributed by atoms with E-state index in [1.807, 2.05) is 24.3 Å². The summed E-state index contributed by atoms with van der Waals surface area (Å²) >= 11 is 0. The van der Waals surface area contributed by atoms with E-state index in [0.29, 0.717) is 42.1 Å². The van der Waals surface area contributed by atoms with Gasteiger partial charge in [0.2, 0.25) is 0 Å². The van der Waals surface area contributed by atoms with Gasteiger partial charge in [0.25, 0.3) is 0 Å². The van der Waals surface area contributed by atoms with E-state index in [4.69, 9.17) is 14.2 Å². The number of hydrogen-bond donors (Lipinski definition) is 0. The fourth-order valence-corrected chi connectivity index (χ4v) is 4.31. The van der Waals surface area contributed by atoms with Gasteiger partial charge in [-0.2, -0.15) is 0 Å². The summed E-state index contributed by atoms with van der Waals surface area (Å²) in [5, 5.41) is 0. The van der Waals surface area contributed by atoms with Gasteiger partial charge in [0.15, 0.2) is 0 Å². The van der Waals surface area contributed by atoms with Crippen LogP contribution in [0.3, 0.4) is 0 Å². The zero-order chi connectivity index (χ0) is 30.4. The molecular weight excluding hydrogens is 516 g/mol. The van der Waals surface area contributed by atoms with Crippen molar-refractivity contribution >= 4 is 17.9 Å². The second kappa shape index (κ2) is 17.0. The molecule has 6 nitrogen and oxygen atoms in total. The molecule has 2 rings (SSSR count). The Morgan fingerprint density at radius 1 is 0.610 bits per heavy atom. The van der Waals surface area contributed by atoms with Crippen molar-refractivity contribution in [3.8, 4) is 17.2 Å². The van der Waals surface area contributed by atoms with Gasteiger partial charge in [0.05, 0.1) is 0 Å². The summed E-state index contributed by atoms with van der Waals surface area (Å²) in [4.78, 5) is 35.1. The van der Waals surface area contributed by atoms with Gasteiger partial charge in [-0.1, -0.05) is 47.1 Å². The number of carbonyl (C=O) groups excluding carboxylic acids is 3. The number of carbonyl (C=O) groups is 3. The first-order chi connectivity index (χ1) is 19.4. The van der Waals surface area contributed by atoms with Crippen molar-refractivity contribution in [2.75, 3.05) is 0 Å². The Bertz CT molecular complexity index is 1250. The lowest BCUT2D eigenvalue weighted by Gasteiger charge is -2.16. The van der Waals surface area contributed by atoms with Crippen LogP contribution in [0.1, 0.15) is 90.8 Å². The lowest BCUT2D eigenvalue weighted by molar-refractivity contribution is -0.133. The summed E-state index contributed by atoms with van der Waals surface area (Å²) in [5.74, 6) is 0.0526. The minimum atomic E-state index is -0.437. The molecule has 0 spiro atoms. The Labute approximate surface area is 245 Å². The number of esters is 3. The van der Waals surface area contributed by atoms with Crippen LogP contribution in [0.25, 0.3) is 0 Å². The minimum Gasteiger partial charge on any atom is -0.427 e. The van der Waals surface area contributed by atoms with Gasteiger partial charge >= 0.3 is 17.9 Å². The van der Waals surface area contributed by atoms with Crippen LogP contribution in [0.5, 0.6) is 17.2 Å². The van der Waals surface area contributed by atoms with E-state index in [1.165, 1.54) is 37.5 Å². The van der Waals surface area contributed by atoms with Gasteiger partial charge in [0, 0.05) is 26.3 Å². The van der Waals surface area contributed by atoms with Gasteiger partial charge in [-0.15, -0.1) is 0 Å². The van der Waals surface area contributed by atoms with E-state index in [9.17, 15) is 14.4 Å². The van der Waals surface area contributed by atoms with Crippen LogP contribution in [0.2, 0.25) is 0 Å². The maximum Gasteiger partial charge on any atom is 0.308 e. The monoisotopic (exact) mass is 560 g/mol. The van der Waals surface area contributed by atoms with Crippen molar-refractivity contribution in [2.24, 2.45) is 0 Å². The number of allylic oxidation sites excluding steroid dienone is 6. The number of benzene rings is 2. The minimum absolute atomic E-state index is 0.364. The topological polar surface area (TPSA) is 78.9 Å². The molecule has 0 radical (unpaired) electrons. The van der Waals surface area contributed by atoms with Gasteiger partial charge in [-0.05, 0) is 108 Å². The van der Waals surface area contributed by atoms with Crippen molar-refractivity contribution in [3.05, 3.63) is 88.0 Å². The first-order valence-corrected chi connectivity index (χ1v) is 14.2. The highest BCUT2D eigenvalue weighted by Crippen LogP contribution is 2.33.